The molecule has 0 aromatic heterocycles. The Balaban J connectivity index is 2.09. The molecule has 2 rings (SSSR count). The van der Waals surface area contributed by atoms with Crippen molar-refractivity contribution in [1.29, 1.82) is 0 Å². The zero-order valence-corrected chi connectivity index (χ0v) is 15.1. The summed E-state index contributed by atoms with van der Waals surface area (Å²) in [5.74, 6) is 0.897. The molecule has 0 unspecified atom stereocenters. The fraction of sp³-hybridized carbons (Fsp3) is 0.333. The molecule has 130 valence electrons. The minimum absolute atomic E-state index is 0.143. The average Bonchev–Trinajstić information content (AvgIpc) is 2.55. The van der Waals surface area contributed by atoms with Crippen molar-refractivity contribution < 1.29 is 13.2 Å². The Kier molecular flexibility index (Phi) is 6.09. The molecule has 24 heavy (non-hydrogen) atoms. The first-order valence-corrected chi connectivity index (χ1v) is 9.61. The van der Waals surface area contributed by atoms with E-state index in [4.69, 9.17) is 4.74 Å². The standard InChI is InChI=1S/C18H24N2O3S/c1-4-5-12-24(21,22)20-16-9-7-15(8-10-16)19-17-13-14(2)6-11-18(17)23-3/h6-11,13,19-20H,4-5,12H2,1-3H3. The van der Waals surface area contributed by atoms with Crippen LogP contribution in [0, 0.1) is 6.92 Å². The van der Waals surface area contributed by atoms with Gasteiger partial charge in [0.25, 0.3) is 0 Å². The molecule has 5 nitrogen and oxygen atoms in total. The summed E-state index contributed by atoms with van der Waals surface area (Å²) in [6, 6.07) is 13.0. The Morgan fingerprint density at radius 2 is 1.71 bits per heavy atom. The molecule has 0 saturated carbocycles. The van der Waals surface area contributed by atoms with Crippen LogP contribution in [0.25, 0.3) is 0 Å². The van der Waals surface area contributed by atoms with Crippen molar-refractivity contribution in [3.05, 3.63) is 48.0 Å². The quantitative estimate of drug-likeness (QED) is 0.747. The molecule has 0 aliphatic carbocycles. The molecule has 0 aliphatic rings. The summed E-state index contributed by atoms with van der Waals surface area (Å²) in [7, 11) is -1.65. The zero-order chi connectivity index (χ0) is 17.6. The molecule has 0 fully saturated rings. The molecule has 0 bridgehead atoms. The van der Waals surface area contributed by atoms with Crippen LogP contribution in [-0.2, 0) is 10.0 Å². The number of hydrogen-bond acceptors (Lipinski definition) is 4. The molecule has 0 spiro atoms. The van der Waals surface area contributed by atoms with E-state index in [9.17, 15) is 8.42 Å². The third-order valence-corrected chi connectivity index (χ3v) is 4.93. The number of ether oxygens (including phenoxy) is 1. The maximum atomic E-state index is 11.9. The number of methoxy groups -OCH3 is 1. The second kappa shape index (κ2) is 8.06. The van der Waals surface area contributed by atoms with Crippen LogP contribution in [0.15, 0.2) is 42.5 Å². The van der Waals surface area contributed by atoms with E-state index in [1.54, 1.807) is 19.2 Å². The van der Waals surface area contributed by atoms with Gasteiger partial charge < -0.3 is 10.1 Å². The minimum Gasteiger partial charge on any atom is -0.495 e. The van der Waals surface area contributed by atoms with Crippen LogP contribution in [0.3, 0.4) is 0 Å². The van der Waals surface area contributed by atoms with Gasteiger partial charge in [-0.25, -0.2) is 8.42 Å². The van der Waals surface area contributed by atoms with E-state index in [1.807, 2.05) is 44.2 Å². The van der Waals surface area contributed by atoms with Gasteiger partial charge in [0.1, 0.15) is 5.75 Å². The number of sulfonamides is 1. The molecule has 0 heterocycles. The number of benzene rings is 2. The van der Waals surface area contributed by atoms with Gasteiger partial charge in [-0.15, -0.1) is 0 Å². The van der Waals surface area contributed by atoms with Gasteiger partial charge >= 0.3 is 0 Å². The number of unbranched alkanes of at least 4 members (excludes halogenated alkanes) is 1. The highest BCUT2D eigenvalue weighted by molar-refractivity contribution is 7.92. The highest BCUT2D eigenvalue weighted by atomic mass is 32.2. The van der Waals surface area contributed by atoms with Crippen molar-refractivity contribution in [3.63, 3.8) is 0 Å². The minimum atomic E-state index is -3.28. The fourth-order valence-electron chi connectivity index (χ4n) is 2.26. The van der Waals surface area contributed by atoms with E-state index in [0.29, 0.717) is 12.1 Å². The Hall–Kier alpha value is -2.21. The van der Waals surface area contributed by atoms with Crippen molar-refractivity contribution in [2.24, 2.45) is 0 Å². The van der Waals surface area contributed by atoms with Crippen molar-refractivity contribution in [2.75, 3.05) is 22.9 Å². The molecule has 6 heteroatoms. The summed E-state index contributed by atoms with van der Waals surface area (Å²) in [4.78, 5) is 0. The smallest absolute Gasteiger partial charge is 0.232 e. The lowest BCUT2D eigenvalue weighted by Gasteiger charge is -2.13. The van der Waals surface area contributed by atoms with E-state index < -0.39 is 10.0 Å². The Labute approximate surface area is 144 Å². The molecular formula is C18H24N2O3S. The van der Waals surface area contributed by atoms with Crippen molar-refractivity contribution in [3.8, 4) is 5.75 Å². The Morgan fingerprint density at radius 1 is 1.04 bits per heavy atom. The average molecular weight is 348 g/mol. The third kappa shape index (κ3) is 5.16. The van der Waals surface area contributed by atoms with Crippen LogP contribution in [0.4, 0.5) is 17.1 Å². The fourth-order valence-corrected chi connectivity index (χ4v) is 3.53. The molecule has 0 saturated heterocycles. The molecular weight excluding hydrogens is 324 g/mol. The molecule has 0 amide bonds. The van der Waals surface area contributed by atoms with E-state index >= 15 is 0 Å². The van der Waals surface area contributed by atoms with Crippen molar-refractivity contribution in [1.82, 2.24) is 0 Å². The van der Waals surface area contributed by atoms with Crippen LogP contribution in [0.5, 0.6) is 5.75 Å². The van der Waals surface area contributed by atoms with Crippen LogP contribution < -0.4 is 14.8 Å². The lowest BCUT2D eigenvalue weighted by Crippen LogP contribution is -2.16. The highest BCUT2D eigenvalue weighted by Gasteiger charge is 2.09. The molecule has 2 aromatic carbocycles. The SMILES string of the molecule is CCCCS(=O)(=O)Nc1ccc(Nc2cc(C)ccc2OC)cc1. The summed E-state index contributed by atoms with van der Waals surface area (Å²) in [5.41, 5.74) is 3.41. The van der Waals surface area contributed by atoms with Gasteiger partial charge in [0.05, 0.1) is 18.6 Å². The van der Waals surface area contributed by atoms with E-state index in [2.05, 4.69) is 10.0 Å². The van der Waals surface area contributed by atoms with Crippen LogP contribution in [0.1, 0.15) is 25.3 Å². The number of aryl methyl sites for hydroxylation is 1. The van der Waals surface area contributed by atoms with Crippen molar-refractivity contribution >= 4 is 27.1 Å². The van der Waals surface area contributed by atoms with E-state index in [-0.39, 0.29) is 5.75 Å². The first kappa shape index (κ1) is 18.1. The lowest BCUT2D eigenvalue weighted by molar-refractivity contribution is 0.416. The normalized spacial score (nSPS) is 11.1. The summed E-state index contributed by atoms with van der Waals surface area (Å²) < 4.78 is 31.8. The summed E-state index contributed by atoms with van der Waals surface area (Å²) in [5, 5.41) is 3.29. The van der Waals surface area contributed by atoms with Crippen LogP contribution in [0.2, 0.25) is 0 Å². The first-order chi connectivity index (χ1) is 11.4. The predicted molar refractivity (Wildman–Crippen MR) is 99.8 cm³/mol. The van der Waals surface area contributed by atoms with Gasteiger partial charge in [-0.1, -0.05) is 19.4 Å². The Bertz CT molecular complexity index is 771. The van der Waals surface area contributed by atoms with Crippen molar-refractivity contribution in [2.45, 2.75) is 26.7 Å². The molecule has 0 aliphatic heterocycles. The number of rotatable bonds is 8. The summed E-state index contributed by atoms with van der Waals surface area (Å²) >= 11 is 0. The first-order valence-electron chi connectivity index (χ1n) is 7.96. The molecule has 0 radical (unpaired) electrons. The predicted octanol–water partition coefficient (Wildman–Crippen LogP) is 4.29. The van der Waals surface area contributed by atoms with Crippen LogP contribution >= 0.6 is 0 Å². The topological polar surface area (TPSA) is 67.4 Å². The van der Waals surface area contributed by atoms with Gasteiger partial charge in [-0.2, -0.15) is 0 Å². The second-order valence-electron chi connectivity index (χ2n) is 5.68. The summed E-state index contributed by atoms with van der Waals surface area (Å²) in [6.07, 6.45) is 1.50. The van der Waals surface area contributed by atoms with E-state index in [0.717, 1.165) is 29.1 Å². The van der Waals surface area contributed by atoms with Gasteiger partial charge in [-0.3, -0.25) is 4.72 Å². The third-order valence-electron chi connectivity index (χ3n) is 3.56. The maximum absolute atomic E-state index is 11.9. The van der Waals surface area contributed by atoms with Gasteiger partial charge in [0, 0.05) is 11.4 Å². The lowest BCUT2D eigenvalue weighted by atomic mass is 10.2. The summed E-state index contributed by atoms with van der Waals surface area (Å²) in [6.45, 7) is 3.98. The van der Waals surface area contributed by atoms with Gasteiger partial charge in [0.15, 0.2) is 0 Å². The largest absolute Gasteiger partial charge is 0.495 e. The number of hydrogen-bond donors (Lipinski definition) is 2. The maximum Gasteiger partial charge on any atom is 0.232 e. The zero-order valence-electron chi connectivity index (χ0n) is 14.3. The van der Waals surface area contributed by atoms with Gasteiger partial charge in [0.2, 0.25) is 10.0 Å². The Morgan fingerprint density at radius 3 is 2.33 bits per heavy atom. The van der Waals surface area contributed by atoms with Gasteiger partial charge in [-0.05, 0) is 55.3 Å². The highest BCUT2D eigenvalue weighted by Crippen LogP contribution is 2.29. The number of anilines is 3. The monoisotopic (exact) mass is 348 g/mol. The van der Waals surface area contributed by atoms with E-state index in [1.165, 1.54) is 0 Å². The molecule has 2 aromatic rings. The van der Waals surface area contributed by atoms with Crippen LogP contribution in [-0.4, -0.2) is 21.3 Å². The number of nitrogens with one attached hydrogen (secondary N) is 2. The second-order valence-corrected chi connectivity index (χ2v) is 7.52. The molecule has 2 N–H and O–H groups in total. The molecule has 0 atom stereocenters.